The molecular formula is C21H24N4OS. The molecule has 5 nitrogen and oxygen atoms in total. The Morgan fingerprint density at radius 3 is 2.48 bits per heavy atom. The first kappa shape index (κ1) is 17.8. The van der Waals surface area contributed by atoms with E-state index >= 15 is 0 Å². The van der Waals surface area contributed by atoms with Crippen LogP contribution in [0.5, 0.6) is 0 Å². The predicted molar refractivity (Wildman–Crippen MR) is 114 cm³/mol. The van der Waals surface area contributed by atoms with Gasteiger partial charge in [-0.2, -0.15) is 0 Å². The number of fused-ring (bicyclic) bond motifs is 2. The normalized spacial score (nSPS) is 14.0. The molecule has 0 spiro atoms. The maximum atomic E-state index is 11.9. The molecule has 0 fully saturated rings. The van der Waals surface area contributed by atoms with E-state index in [9.17, 15) is 4.79 Å². The summed E-state index contributed by atoms with van der Waals surface area (Å²) in [5.74, 6) is -0.486. The van der Waals surface area contributed by atoms with Crippen LogP contribution in [-0.4, -0.2) is 25.0 Å². The number of aryl methyl sites for hydroxylation is 1. The summed E-state index contributed by atoms with van der Waals surface area (Å²) in [7, 11) is 4.06. The molecule has 0 saturated carbocycles. The first-order chi connectivity index (χ1) is 13.0. The van der Waals surface area contributed by atoms with E-state index < -0.39 is 5.91 Å². The van der Waals surface area contributed by atoms with Crippen molar-refractivity contribution in [1.82, 2.24) is 4.98 Å². The summed E-state index contributed by atoms with van der Waals surface area (Å²) in [6.45, 7) is 0. The fourth-order valence-electron chi connectivity index (χ4n) is 3.91. The molecular weight excluding hydrogens is 356 g/mol. The molecule has 140 valence electrons. The van der Waals surface area contributed by atoms with Crippen LogP contribution in [0.4, 0.5) is 11.4 Å². The van der Waals surface area contributed by atoms with Crippen LogP contribution in [0.2, 0.25) is 0 Å². The molecule has 6 heteroatoms. The Morgan fingerprint density at radius 2 is 1.81 bits per heavy atom. The fraction of sp³-hybridized carbons (Fsp3) is 0.333. The molecule has 3 aromatic rings. The van der Waals surface area contributed by atoms with E-state index in [0.717, 1.165) is 58.4 Å². The van der Waals surface area contributed by atoms with Crippen molar-refractivity contribution in [3.8, 4) is 11.1 Å². The lowest BCUT2D eigenvalue weighted by Crippen LogP contribution is -2.10. The van der Waals surface area contributed by atoms with Gasteiger partial charge < -0.3 is 16.4 Å². The van der Waals surface area contributed by atoms with Crippen LogP contribution in [0, 0.1) is 0 Å². The summed E-state index contributed by atoms with van der Waals surface area (Å²) in [5.41, 5.74) is 18.2. The molecule has 0 unspecified atom stereocenters. The third-order valence-electron chi connectivity index (χ3n) is 5.30. The van der Waals surface area contributed by atoms with E-state index in [0.29, 0.717) is 10.6 Å². The van der Waals surface area contributed by atoms with Gasteiger partial charge in [0, 0.05) is 30.9 Å². The van der Waals surface area contributed by atoms with Crippen LogP contribution in [0.15, 0.2) is 24.3 Å². The molecule has 0 aliphatic heterocycles. The molecule has 4 rings (SSSR count). The number of hydrogen-bond acceptors (Lipinski definition) is 5. The van der Waals surface area contributed by atoms with E-state index in [1.807, 2.05) is 14.1 Å². The lowest BCUT2D eigenvalue weighted by atomic mass is 9.92. The number of hydrogen-bond donors (Lipinski definition) is 2. The number of nitrogens with two attached hydrogens (primary N) is 2. The second-order valence-electron chi connectivity index (χ2n) is 7.30. The van der Waals surface area contributed by atoms with Crippen LogP contribution in [-0.2, 0) is 12.8 Å². The zero-order valence-electron chi connectivity index (χ0n) is 15.7. The van der Waals surface area contributed by atoms with Crippen LogP contribution in [0.1, 0.15) is 40.2 Å². The predicted octanol–water partition coefficient (Wildman–Crippen LogP) is 3.98. The summed E-state index contributed by atoms with van der Waals surface area (Å²) < 4.78 is 0. The van der Waals surface area contributed by atoms with Gasteiger partial charge in [0.15, 0.2) is 0 Å². The van der Waals surface area contributed by atoms with E-state index in [1.165, 1.54) is 23.3 Å². The highest BCUT2D eigenvalue weighted by atomic mass is 32.1. The zero-order valence-corrected chi connectivity index (χ0v) is 16.5. The molecule has 4 N–H and O–H groups in total. The molecule has 0 bridgehead atoms. The van der Waals surface area contributed by atoms with Crippen LogP contribution in [0.3, 0.4) is 0 Å². The average molecular weight is 381 g/mol. The Labute approximate surface area is 163 Å². The summed E-state index contributed by atoms with van der Waals surface area (Å²) in [4.78, 5) is 20.0. The number of aromatic nitrogens is 1. The fourth-order valence-corrected chi connectivity index (χ4v) is 4.89. The van der Waals surface area contributed by atoms with Gasteiger partial charge in [-0.15, -0.1) is 11.3 Å². The van der Waals surface area contributed by atoms with E-state index in [-0.39, 0.29) is 0 Å². The number of pyridine rings is 1. The number of carbonyl (C=O) groups excluding carboxylic acids is 1. The maximum absolute atomic E-state index is 11.9. The van der Waals surface area contributed by atoms with Crippen LogP contribution >= 0.6 is 11.3 Å². The number of primary amides is 1. The van der Waals surface area contributed by atoms with Gasteiger partial charge in [-0.05, 0) is 54.5 Å². The highest BCUT2D eigenvalue weighted by molar-refractivity contribution is 7.21. The maximum Gasteiger partial charge on any atom is 0.260 e. The molecule has 0 atom stereocenters. The van der Waals surface area contributed by atoms with Crippen molar-refractivity contribution in [3.63, 3.8) is 0 Å². The minimum absolute atomic E-state index is 0.406. The first-order valence-electron chi connectivity index (χ1n) is 9.28. The molecule has 2 heterocycles. The van der Waals surface area contributed by atoms with Gasteiger partial charge in [-0.25, -0.2) is 4.98 Å². The third kappa shape index (κ3) is 3.04. The summed E-state index contributed by atoms with van der Waals surface area (Å²) in [6, 6.07) is 8.50. The SMILES string of the molecule is CN(C)c1ccc(-c2c3c(nc4sc(C(N)=O)c(N)c24)CCCCC3)cc1. The van der Waals surface area contributed by atoms with Crippen molar-refractivity contribution in [1.29, 1.82) is 0 Å². The lowest BCUT2D eigenvalue weighted by Gasteiger charge is -2.17. The minimum atomic E-state index is -0.486. The van der Waals surface area contributed by atoms with Gasteiger partial charge in [-0.3, -0.25) is 4.79 Å². The van der Waals surface area contributed by atoms with Gasteiger partial charge in [0.2, 0.25) is 0 Å². The molecule has 2 aromatic heterocycles. The molecule has 0 radical (unpaired) electrons. The second kappa shape index (κ2) is 6.85. The smallest absolute Gasteiger partial charge is 0.260 e. The monoisotopic (exact) mass is 380 g/mol. The van der Waals surface area contributed by atoms with Gasteiger partial charge in [0.1, 0.15) is 9.71 Å². The van der Waals surface area contributed by atoms with Gasteiger partial charge in [-0.1, -0.05) is 18.6 Å². The van der Waals surface area contributed by atoms with Crippen molar-refractivity contribution in [2.75, 3.05) is 24.7 Å². The number of rotatable bonds is 3. The van der Waals surface area contributed by atoms with Gasteiger partial charge >= 0.3 is 0 Å². The quantitative estimate of drug-likeness (QED) is 0.673. The highest BCUT2D eigenvalue weighted by Crippen LogP contribution is 2.43. The molecule has 0 saturated heterocycles. The Kier molecular flexibility index (Phi) is 4.52. The standard InChI is InChI=1S/C21H24N4OS/c1-25(2)13-10-8-12(9-11-13)16-14-6-4-3-5-7-15(14)24-21-17(16)18(22)19(27-21)20(23)26/h8-11H,3-7,22H2,1-2H3,(H2,23,26). The van der Waals surface area contributed by atoms with Gasteiger partial charge in [0.05, 0.1) is 5.69 Å². The lowest BCUT2D eigenvalue weighted by molar-refractivity contribution is 0.100. The first-order valence-corrected chi connectivity index (χ1v) is 10.1. The summed E-state index contributed by atoms with van der Waals surface area (Å²) >= 11 is 1.31. The number of nitrogens with zero attached hydrogens (tertiary/aromatic N) is 2. The Bertz CT molecular complexity index is 1020. The van der Waals surface area contributed by atoms with E-state index in [1.54, 1.807) is 0 Å². The van der Waals surface area contributed by atoms with Crippen molar-refractivity contribution in [2.45, 2.75) is 32.1 Å². The number of thiophene rings is 1. The number of benzene rings is 1. The van der Waals surface area contributed by atoms with E-state index in [2.05, 4.69) is 29.2 Å². The van der Waals surface area contributed by atoms with Crippen molar-refractivity contribution in [3.05, 3.63) is 40.4 Å². The topological polar surface area (TPSA) is 85.2 Å². The van der Waals surface area contributed by atoms with Gasteiger partial charge in [0.25, 0.3) is 5.91 Å². The molecule has 1 aliphatic carbocycles. The largest absolute Gasteiger partial charge is 0.397 e. The zero-order chi connectivity index (χ0) is 19.1. The number of anilines is 2. The number of amides is 1. The van der Waals surface area contributed by atoms with Crippen LogP contribution in [0.25, 0.3) is 21.3 Å². The van der Waals surface area contributed by atoms with Crippen molar-refractivity contribution in [2.24, 2.45) is 5.73 Å². The molecule has 27 heavy (non-hydrogen) atoms. The summed E-state index contributed by atoms with van der Waals surface area (Å²) in [6.07, 6.45) is 5.47. The van der Waals surface area contributed by atoms with Crippen molar-refractivity contribution < 1.29 is 4.79 Å². The third-order valence-corrected chi connectivity index (χ3v) is 6.41. The highest BCUT2D eigenvalue weighted by Gasteiger charge is 2.24. The Morgan fingerprint density at radius 1 is 1.11 bits per heavy atom. The molecule has 1 amide bonds. The minimum Gasteiger partial charge on any atom is -0.397 e. The van der Waals surface area contributed by atoms with Crippen LogP contribution < -0.4 is 16.4 Å². The Balaban J connectivity index is 2.03. The molecule has 1 aliphatic rings. The van der Waals surface area contributed by atoms with Crippen molar-refractivity contribution >= 4 is 38.8 Å². The molecule has 1 aromatic carbocycles. The Hall–Kier alpha value is -2.60. The summed E-state index contributed by atoms with van der Waals surface area (Å²) in [5, 5.41) is 0.882. The number of carbonyl (C=O) groups is 1. The second-order valence-corrected chi connectivity index (χ2v) is 8.30. The number of nitrogen functional groups attached to an aromatic ring is 1. The average Bonchev–Trinajstić information content (AvgIpc) is 2.82. The van der Waals surface area contributed by atoms with E-state index in [4.69, 9.17) is 16.5 Å².